The first kappa shape index (κ1) is 15.5. The Morgan fingerprint density at radius 1 is 1.30 bits per heavy atom. The topological polar surface area (TPSA) is 81.9 Å². The molecular weight excluding hydrogens is 294 g/mol. The molecule has 0 saturated heterocycles. The predicted molar refractivity (Wildman–Crippen MR) is 84.3 cm³/mol. The molecule has 1 aliphatic rings. The zero-order valence-electron chi connectivity index (χ0n) is 13.5. The van der Waals surface area contributed by atoms with Crippen molar-refractivity contribution >= 4 is 5.91 Å². The molecule has 1 aliphatic heterocycles. The number of hydrogen-bond acceptors (Lipinski definition) is 5. The minimum absolute atomic E-state index is 0.222. The van der Waals surface area contributed by atoms with E-state index >= 15 is 0 Å². The molecule has 2 aromatic heterocycles. The third-order valence-electron chi connectivity index (χ3n) is 4.03. The van der Waals surface area contributed by atoms with E-state index in [4.69, 9.17) is 4.74 Å². The molecule has 0 aliphatic carbocycles. The van der Waals surface area contributed by atoms with E-state index in [0.29, 0.717) is 18.0 Å². The number of carbonyl (C=O) groups excluding carboxylic acids is 1. The molecule has 0 atom stereocenters. The Hall–Kier alpha value is -2.44. The molecule has 0 saturated carbocycles. The summed E-state index contributed by atoms with van der Waals surface area (Å²) in [5, 5.41) is 11.3. The summed E-state index contributed by atoms with van der Waals surface area (Å²) < 4.78 is 7.31. The van der Waals surface area contributed by atoms with Crippen molar-refractivity contribution < 1.29 is 9.53 Å². The number of fused-ring (bicyclic) bond motifs is 1. The highest BCUT2D eigenvalue weighted by Crippen LogP contribution is 2.17. The lowest BCUT2D eigenvalue weighted by Gasteiger charge is -2.10. The minimum atomic E-state index is -0.222. The van der Waals surface area contributed by atoms with Gasteiger partial charge in [-0.15, -0.1) is 10.2 Å². The summed E-state index contributed by atoms with van der Waals surface area (Å²) in [6.45, 7) is 3.13. The lowest BCUT2D eigenvalue weighted by Crippen LogP contribution is -2.25. The monoisotopic (exact) mass is 315 g/mol. The smallest absolute Gasteiger partial charge is 0.257 e. The molecule has 7 nitrogen and oxygen atoms in total. The molecule has 7 heteroatoms. The van der Waals surface area contributed by atoms with Crippen molar-refractivity contribution in [1.82, 2.24) is 25.1 Å². The fraction of sp³-hybridized carbons (Fsp3) is 0.500. The Morgan fingerprint density at radius 2 is 2.17 bits per heavy atom. The summed E-state index contributed by atoms with van der Waals surface area (Å²) in [7, 11) is 1.51. The normalized spacial score (nSPS) is 14.0. The van der Waals surface area contributed by atoms with Gasteiger partial charge in [0.1, 0.15) is 11.4 Å². The SMILES string of the molecule is COc1nc(C)ccc1C(=O)NCc1nnc2n1CCCCC2. The van der Waals surface area contributed by atoms with Crippen molar-refractivity contribution in [3.63, 3.8) is 0 Å². The lowest BCUT2D eigenvalue weighted by atomic mass is 10.2. The molecule has 0 spiro atoms. The molecular formula is C16H21N5O2. The maximum Gasteiger partial charge on any atom is 0.257 e. The van der Waals surface area contributed by atoms with E-state index in [0.717, 1.165) is 43.1 Å². The Balaban J connectivity index is 1.71. The molecule has 1 amide bonds. The van der Waals surface area contributed by atoms with E-state index in [9.17, 15) is 4.79 Å². The molecule has 0 bridgehead atoms. The molecule has 3 heterocycles. The Bertz CT molecular complexity index is 710. The number of aryl methyl sites for hydroxylation is 2. The van der Waals surface area contributed by atoms with Crippen LogP contribution in [0.4, 0.5) is 0 Å². The van der Waals surface area contributed by atoms with Crippen LogP contribution in [0, 0.1) is 6.92 Å². The van der Waals surface area contributed by atoms with Crippen molar-refractivity contribution in [2.24, 2.45) is 0 Å². The van der Waals surface area contributed by atoms with Gasteiger partial charge in [-0.1, -0.05) is 6.42 Å². The first-order chi connectivity index (χ1) is 11.2. The van der Waals surface area contributed by atoms with Crippen molar-refractivity contribution in [3.05, 3.63) is 35.0 Å². The van der Waals surface area contributed by atoms with Crippen LogP contribution < -0.4 is 10.1 Å². The molecule has 2 aromatic rings. The van der Waals surface area contributed by atoms with Gasteiger partial charge >= 0.3 is 0 Å². The first-order valence-corrected chi connectivity index (χ1v) is 7.90. The molecule has 0 radical (unpaired) electrons. The van der Waals surface area contributed by atoms with Crippen molar-refractivity contribution in [2.75, 3.05) is 7.11 Å². The van der Waals surface area contributed by atoms with E-state index < -0.39 is 0 Å². The van der Waals surface area contributed by atoms with Gasteiger partial charge in [0, 0.05) is 18.7 Å². The maximum atomic E-state index is 12.4. The highest BCUT2D eigenvalue weighted by atomic mass is 16.5. The number of amides is 1. The predicted octanol–water partition coefficient (Wildman–Crippen LogP) is 1.65. The Morgan fingerprint density at radius 3 is 3.00 bits per heavy atom. The molecule has 1 N–H and O–H groups in total. The summed E-state index contributed by atoms with van der Waals surface area (Å²) in [4.78, 5) is 16.6. The summed E-state index contributed by atoms with van der Waals surface area (Å²) >= 11 is 0. The number of aromatic nitrogens is 4. The summed E-state index contributed by atoms with van der Waals surface area (Å²) in [5.74, 6) is 1.93. The lowest BCUT2D eigenvalue weighted by molar-refractivity contribution is 0.0945. The zero-order valence-corrected chi connectivity index (χ0v) is 13.5. The van der Waals surface area contributed by atoms with Gasteiger partial charge in [0.25, 0.3) is 5.91 Å². The number of pyridine rings is 1. The van der Waals surface area contributed by atoms with Gasteiger partial charge in [-0.05, 0) is 31.9 Å². The van der Waals surface area contributed by atoms with Crippen LogP contribution in [-0.2, 0) is 19.5 Å². The Kier molecular flexibility index (Phi) is 4.55. The molecule has 3 rings (SSSR count). The van der Waals surface area contributed by atoms with Gasteiger partial charge in [0.05, 0.1) is 13.7 Å². The second kappa shape index (κ2) is 6.76. The largest absolute Gasteiger partial charge is 0.480 e. The average molecular weight is 315 g/mol. The minimum Gasteiger partial charge on any atom is -0.480 e. The average Bonchev–Trinajstić information content (AvgIpc) is 2.78. The van der Waals surface area contributed by atoms with Crippen LogP contribution in [0.5, 0.6) is 5.88 Å². The fourth-order valence-corrected chi connectivity index (χ4v) is 2.79. The van der Waals surface area contributed by atoms with Gasteiger partial charge < -0.3 is 14.6 Å². The summed E-state index contributed by atoms with van der Waals surface area (Å²) in [6, 6.07) is 3.52. The molecule has 0 fully saturated rings. The quantitative estimate of drug-likeness (QED) is 0.927. The zero-order chi connectivity index (χ0) is 16.2. The van der Waals surface area contributed by atoms with Crippen LogP contribution in [0.3, 0.4) is 0 Å². The number of rotatable bonds is 4. The van der Waals surface area contributed by atoms with Gasteiger partial charge in [-0.25, -0.2) is 4.98 Å². The van der Waals surface area contributed by atoms with E-state index in [2.05, 4.69) is 25.1 Å². The third-order valence-corrected chi connectivity index (χ3v) is 4.03. The van der Waals surface area contributed by atoms with Crippen LogP contribution >= 0.6 is 0 Å². The van der Waals surface area contributed by atoms with Crippen molar-refractivity contribution in [2.45, 2.75) is 45.7 Å². The van der Waals surface area contributed by atoms with Crippen LogP contribution in [-0.4, -0.2) is 32.8 Å². The van der Waals surface area contributed by atoms with Crippen LogP contribution in [0.1, 0.15) is 47.0 Å². The van der Waals surface area contributed by atoms with Gasteiger partial charge in [0.2, 0.25) is 5.88 Å². The first-order valence-electron chi connectivity index (χ1n) is 7.90. The molecule has 23 heavy (non-hydrogen) atoms. The number of hydrogen-bond donors (Lipinski definition) is 1. The van der Waals surface area contributed by atoms with E-state index in [1.165, 1.54) is 13.5 Å². The van der Waals surface area contributed by atoms with E-state index in [1.54, 1.807) is 12.1 Å². The van der Waals surface area contributed by atoms with Crippen LogP contribution in [0.25, 0.3) is 0 Å². The highest BCUT2D eigenvalue weighted by Gasteiger charge is 2.17. The number of carbonyl (C=O) groups is 1. The number of methoxy groups -OCH3 is 1. The van der Waals surface area contributed by atoms with Crippen molar-refractivity contribution in [3.8, 4) is 5.88 Å². The molecule has 122 valence electrons. The van der Waals surface area contributed by atoms with Crippen LogP contribution in [0.2, 0.25) is 0 Å². The van der Waals surface area contributed by atoms with E-state index in [1.807, 2.05) is 6.92 Å². The van der Waals surface area contributed by atoms with Gasteiger partial charge in [-0.3, -0.25) is 4.79 Å². The van der Waals surface area contributed by atoms with Crippen molar-refractivity contribution in [1.29, 1.82) is 0 Å². The second-order valence-electron chi connectivity index (χ2n) is 5.69. The fourth-order valence-electron chi connectivity index (χ4n) is 2.79. The standard InChI is InChI=1S/C16H21N5O2/c1-11-7-8-12(16(18-11)23-2)15(22)17-10-14-20-19-13-6-4-3-5-9-21(13)14/h7-8H,3-6,9-10H2,1-2H3,(H,17,22). The number of nitrogens with zero attached hydrogens (tertiary/aromatic N) is 4. The molecule has 0 aromatic carbocycles. The second-order valence-corrected chi connectivity index (χ2v) is 5.69. The maximum absolute atomic E-state index is 12.4. The summed E-state index contributed by atoms with van der Waals surface area (Å²) in [6.07, 6.45) is 4.44. The number of ether oxygens (including phenoxy) is 1. The third kappa shape index (κ3) is 3.33. The van der Waals surface area contributed by atoms with Gasteiger partial charge in [-0.2, -0.15) is 0 Å². The van der Waals surface area contributed by atoms with Gasteiger partial charge in [0.15, 0.2) is 5.82 Å². The number of nitrogens with one attached hydrogen (secondary N) is 1. The molecule has 0 unspecified atom stereocenters. The Labute approximate surface area is 135 Å². The van der Waals surface area contributed by atoms with Crippen LogP contribution in [0.15, 0.2) is 12.1 Å². The van der Waals surface area contributed by atoms with E-state index in [-0.39, 0.29) is 5.91 Å². The highest BCUT2D eigenvalue weighted by molar-refractivity contribution is 5.96. The summed E-state index contributed by atoms with van der Waals surface area (Å²) in [5.41, 5.74) is 1.23.